The van der Waals surface area contributed by atoms with Crippen LogP contribution in [-0.2, 0) is 16.1 Å². The first kappa shape index (κ1) is 22.1. The van der Waals surface area contributed by atoms with Gasteiger partial charge in [0.05, 0.1) is 18.7 Å². The maximum Gasteiger partial charge on any atom is 0.338 e. The second kappa shape index (κ2) is 11.0. The molecule has 7 heteroatoms. The van der Waals surface area contributed by atoms with Gasteiger partial charge in [0.2, 0.25) is 5.91 Å². The van der Waals surface area contributed by atoms with Crippen molar-refractivity contribution in [3.05, 3.63) is 65.2 Å². The molecule has 2 aromatic rings. The second-order valence-corrected chi connectivity index (χ2v) is 6.71. The Morgan fingerprint density at radius 1 is 0.966 bits per heavy atom. The molecule has 0 aromatic heterocycles. The predicted molar refractivity (Wildman–Crippen MR) is 112 cm³/mol. The number of nitrogens with zero attached hydrogens (tertiary/aromatic N) is 1. The first-order valence-electron chi connectivity index (χ1n) is 9.49. The molecule has 29 heavy (non-hydrogen) atoms. The summed E-state index contributed by atoms with van der Waals surface area (Å²) in [6.45, 7) is 3.10. The van der Waals surface area contributed by atoms with Crippen molar-refractivity contribution in [2.45, 2.75) is 19.9 Å². The van der Waals surface area contributed by atoms with Crippen LogP contribution < -0.4 is 10.6 Å². The van der Waals surface area contributed by atoms with Gasteiger partial charge < -0.3 is 15.4 Å². The third-order valence-corrected chi connectivity index (χ3v) is 4.15. The summed E-state index contributed by atoms with van der Waals surface area (Å²) in [5.74, 6) is -0.656. The normalized spacial score (nSPS) is 10.5. The van der Waals surface area contributed by atoms with Crippen molar-refractivity contribution in [1.82, 2.24) is 10.2 Å². The average Bonchev–Trinajstić information content (AvgIpc) is 2.72. The molecule has 0 unspecified atom stereocenters. The number of ether oxygens (including phenoxy) is 1. The Kier molecular flexibility index (Phi) is 8.36. The quantitative estimate of drug-likeness (QED) is 0.635. The summed E-state index contributed by atoms with van der Waals surface area (Å²) in [6.07, 6.45) is 0.769. The lowest BCUT2D eigenvalue weighted by molar-refractivity contribution is -0.117. The van der Waals surface area contributed by atoms with Crippen LogP contribution in [0.25, 0.3) is 0 Å². The van der Waals surface area contributed by atoms with Gasteiger partial charge in [-0.3, -0.25) is 14.5 Å². The van der Waals surface area contributed by atoms with E-state index in [1.807, 2.05) is 31.0 Å². The highest BCUT2D eigenvalue weighted by Gasteiger charge is 2.10. The smallest absolute Gasteiger partial charge is 0.338 e. The molecule has 0 saturated carbocycles. The molecule has 2 N–H and O–H groups in total. The van der Waals surface area contributed by atoms with Crippen molar-refractivity contribution in [3.63, 3.8) is 0 Å². The molecule has 0 radical (unpaired) electrons. The number of hydrogen-bond acceptors (Lipinski definition) is 5. The van der Waals surface area contributed by atoms with Crippen LogP contribution in [0.1, 0.15) is 39.6 Å². The summed E-state index contributed by atoms with van der Waals surface area (Å²) in [4.78, 5) is 37.5. The maximum absolute atomic E-state index is 12.3. The molecule has 0 bridgehead atoms. The van der Waals surface area contributed by atoms with Crippen LogP contribution in [0.3, 0.4) is 0 Å². The summed E-state index contributed by atoms with van der Waals surface area (Å²) in [5, 5.41) is 5.40. The van der Waals surface area contributed by atoms with Crippen molar-refractivity contribution < 1.29 is 19.1 Å². The summed E-state index contributed by atoms with van der Waals surface area (Å²) in [5.41, 5.74) is 2.67. The summed E-state index contributed by atoms with van der Waals surface area (Å²) < 4.78 is 5.08. The van der Waals surface area contributed by atoms with Crippen LogP contribution in [-0.4, -0.2) is 49.9 Å². The molecule has 0 aliphatic carbocycles. The fourth-order valence-corrected chi connectivity index (χ4v) is 2.69. The molecular weight excluding hydrogens is 370 g/mol. The molecule has 7 nitrogen and oxygen atoms in total. The molecule has 2 aromatic carbocycles. The zero-order valence-electron chi connectivity index (χ0n) is 17.0. The molecule has 0 saturated heterocycles. The number of benzene rings is 2. The van der Waals surface area contributed by atoms with Gasteiger partial charge in [0, 0.05) is 24.8 Å². The van der Waals surface area contributed by atoms with E-state index >= 15 is 0 Å². The van der Waals surface area contributed by atoms with Crippen LogP contribution in [0.4, 0.5) is 5.69 Å². The average molecular weight is 397 g/mol. The third kappa shape index (κ3) is 7.04. The van der Waals surface area contributed by atoms with Gasteiger partial charge in [0.25, 0.3) is 5.91 Å². The van der Waals surface area contributed by atoms with E-state index < -0.39 is 0 Å². The highest BCUT2D eigenvalue weighted by molar-refractivity contribution is 5.94. The van der Waals surface area contributed by atoms with E-state index in [1.165, 1.54) is 0 Å². The van der Waals surface area contributed by atoms with Crippen molar-refractivity contribution in [1.29, 1.82) is 0 Å². The van der Waals surface area contributed by atoms with Gasteiger partial charge in [-0.05, 0) is 55.4 Å². The largest absolute Gasteiger partial charge is 0.462 e. The second-order valence-electron chi connectivity index (χ2n) is 6.71. The molecule has 2 amide bonds. The van der Waals surface area contributed by atoms with Gasteiger partial charge in [0.15, 0.2) is 0 Å². The Morgan fingerprint density at radius 3 is 2.17 bits per heavy atom. The van der Waals surface area contributed by atoms with E-state index in [4.69, 9.17) is 4.74 Å². The number of amides is 2. The highest BCUT2D eigenvalue weighted by Crippen LogP contribution is 2.11. The van der Waals surface area contributed by atoms with E-state index in [1.54, 1.807) is 43.4 Å². The Balaban J connectivity index is 1.83. The fraction of sp³-hybridized carbons (Fsp3) is 0.318. The SMILES string of the molecule is CCCOC(=O)c1ccc(NC(=O)CN(C)Cc2ccc(C(=O)NC)cc2)cc1. The first-order valence-corrected chi connectivity index (χ1v) is 9.49. The Hall–Kier alpha value is -3.19. The molecule has 0 aliphatic heterocycles. The van der Waals surface area contributed by atoms with Gasteiger partial charge >= 0.3 is 5.97 Å². The van der Waals surface area contributed by atoms with Crippen molar-refractivity contribution in [2.75, 3.05) is 32.6 Å². The third-order valence-electron chi connectivity index (χ3n) is 4.15. The maximum atomic E-state index is 12.3. The van der Waals surface area contributed by atoms with E-state index in [9.17, 15) is 14.4 Å². The van der Waals surface area contributed by atoms with Gasteiger partial charge in [-0.15, -0.1) is 0 Å². The van der Waals surface area contributed by atoms with Gasteiger partial charge in [-0.25, -0.2) is 4.79 Å². The lowest BCUT2D eigenvalue weighted by Gasteiger charge is -2.16. The van der Waals surface area contributed by atoms with E-state index in [0.29, 0.717) is 30.0 Å². The van der Waals surface area contributed by atoms with Crippen molar-refractivity contribution in [3.8, 4) is 0 Å². The zero-order chi connectivity index (χ0) is 21.2. The highest BCUT2D eigenvalue weighted by atomic mass is 16.5. The Bertz CT molecular complexity index is 832. The monoisotopic (exact) mass is 397 g/mol. The van der Waals surface area contributed by atoms with Crippen molar-refractivity contribution >= 4 is 23.5 Å². The van der Waals surface area contributed by atoms with Crippen molar-refractivity contribution in [2.24, 2.45) is 0 Å². The summed E-state index contributed by atoms with van der Waals surface area (Å²) in [7, 11) is 3.44. The Labute approximate surface area is 171 Å². The number of esters is 1. The topological polar surface area (TPSA) is 87.7 Å². The van der Waals surface area contributed by atoms with E-state index in [2.05, 4.69) is 10.6 Å². The Morgan fingerprint density at radius 2 is 1.59 bits per heavy atom. The van der Waals surface area contributed by atoms with Crippen LogP contribution >= 0.6 is 0 Å². The molecular formula is C22H27N3O4. The van der Waals surface area contributed by atoms with Crippen LogP contribution in [0.2, 0.25) is 0 Å². The number of carbonyl (C=O) groups excluding carboxylic acids is 3. The fourth-order valence-electron chi connectivity index (χ4n) is 2.69. The number of anilines is 1. The van der Waals surface area contributed by atoms with Gasteiger partial charge in [-0.1, -0.05) is 19.1 Å². The van der Waals surface area contributed by atoms with Gasteiger partial charge in [-0.2, -0.15) is 0 Å². The van der Waals surface area contributed by atoms with Gasteiger partial charge in [0.1, 0.15) is 0 Å². The standard InChI is InChI=1S/C22H27N3O4/c1-4-13-29-22(28)18-9-11-19(12-10-18)24-20(26)15-25(3)14-16-5-7-17(8-6-16)21(27)23-2/h5-12H,4,13-15H2,1-3H3,(H,23,27)(H,24,26). The summed E-state index contributed by atoms with van der Waals surface area (Å²) >= 11 is 0. The van der Waals surface area contributed by atoms with Crippen LogP contribution in [0.5, 0.6) is 0 Å². The van der Waals surface area contributed by atoms with E-state index in [-0.39, 0.29) is 24.3 Å². The predicted octanol–water partition coefficient (Wildman–Crippen LogP) is 2.68. The summed E-state index contributed by atoms with van der Waals surface area (Å²) in [6, 6.07) is 13.9. The molecule has 0 atom stereocenters. The molecule has 0 fully saturated rings. The minimum Gasteiger partial charge on any atom is -0.462 e. The number of rotatable bonds is 9. The molecule has 154 valence electrons. The van der Waals surface area contributed by atoms with Crippen LogP contribution in [0.15, 0.2) is 48.5 Å². The number of carbonyl (C=O) groups is 3. The number of hydrogen-bond donors (Lipinski definition) is 2. The van der Waals surface area contributed by atoms with E-state index in [0.717, 1.165) is 12.0 Å². The number of nitrogens with one attached hydrogen (secondary N) is 2. The molecule has 0 aliphatic rings. The lowest BCUT2D eigenvalue weighted by Crippen LogP contribution is -2.29. The molecule has 0 spiro atoms. The first-order chi connectivity index (χ1) is 13.9. The molecule has 0 heterocycles. The minimum atomic E-state index is -0.369. The lowest BCUT2D eigenvalue weighted by atomic mass is 10.1. The molecule has 2 rings (SSSR count). The zero-order valence-corrected chi connectivity index (χ0v) is 17.0. The minimum absolute atomic E-state index is 0.131. The number of likely N-dealkylation sites (N-methyl/N-ethyl adjacent to an activating group) is 1. The van der Waals surface area contributed by atoms with Crippen LogP contribution in [0, 0.1) is 0 Å².